The molecule has 2 aromatic rings. The van der Waals surface area contributed by atoms with Gasteiger partial charge in [0.1, 0.15) is 5.69 Å². The minimum atomic E-state index is 0.130. The number of hydrogen-bond donors (Lipinski definition) is 1. The fourth-order valence-electron chi connectivity index (χ4n) is 8.13. The first kappa shape index (κ1) is 21.8. The summed E-state index contributed by atoms with van der Waals surface area (Å²) < 4.78 is 2.15. The summed E-state index contributed by atoms with van der Waals surface area (Å²) >= 11 is 0. The fraction of sp³-hybridized carbons (Fsp3) is 0.714. The molecule has 2 unspecified atom stereocenters. The van der Waals surface area contributed by atoms with E-state index in [9.17, 15) is 4.79 Å². The maximum absolute atomic E-state index is 13.7. The normalized spacial score (nSPS) is 34.5. The summed E-state index contributed by atoms with van der Waals surface area (Å²) in [6.45, 7) is 0.597. The van der Waals surface area contributed by atoms with Crippen LogP contribution in [0, 0.1) is 11.8 Å². The minimum absolute atomic E-state index is 0.130. The molecule has 6 rings (SSSR count). The van der Waals surface area contributed by atoms with Crippen LogP contribution in [0.15, 0.2) is 29.1 Å². The van der Waals surface area contributed by atoms with Gasteiger partial charge in [0, 0.05) is 24.2 Å². The van der Waals surface area contributed by atoms with Crippen LogP contribution < -0.4 is 11.3 Å². The average molecular weight is 449 g/mol. The first-order valence-corrected chi connectivity index (χ1v) is 13.7. The lowest BCUT2D eigenvalue weighted by Gasteiger charge is -2.55. The lowest BCUT2D eigenvalue weighted by atomic mass is 9.68. The zero-order valence-electron chi connectivity index (χ0n) is 20.0. The highest BCUT2D eigenvalue weighted by Crippen LogP contribution is 2.47. The second kappa shape index (κ2) is 9.14. The summed E-state index contributed by atoms with van der Waals surface area (Å²) in [5.41, 5.74) is 8.56. The molecule has 0 spiro atoms. The molecule has 4 fully saturated rings. The van der Waals surface area contributed by atoms with Crippen molar-refractivity contribution in [3.05, 3.63) is 40.3 Å². The maximum atomic E-state index is 13.7. The minimum Gasteiger partial charge on any atom is -0.330 e. The SMILES string of the molecule is NCCCc1nc2ccccc2n(C2C[C@H]3CCC[C@@H](C2)N3C2C[C@H]3CCC[C@@H](C2)C3)c1=O. The summed E-state index contributed by atoms with van der Waals surface area (Å²) in [5, 5.41) is 0. The van der Waals surface area contributed by atoms with Crippen molar-refractivity contribution in [3.63, 3.8) is 0 Å². The van der Waals surface area contributed by atoms with E-state index < -0.39 is 0 Å². The van der Waals surface area contributed by atoms with E-state index in [4.69, 9.17) is 10.7 Å². The predicted octanol–water partition coefficient (Wildman–Crippen LogP) is 4.81. The second-order valence-electron chi connectivity index (χ2n) is 11.4. The Morgan fingerprint density at radius 1 is 0.848 bits per heavy atom. The number of aryl methyl sites for hydroxylation is 1. The first-order valence-electron chi connectivity index (χ1n) is 13.7. The Morgan fingerprint density at radius 2 is 1.55 bits per heavy atom. The molecular formula is C28H40N4O. The molecule has 2 saturated heterocycles. The third-order valence-corrected chi connectivity index (χ3v) is 9.38. The highest BCUT2D eigenvalue weighted by Gasteiger charge is 2.45. The summed E-state index contributed by atoms with van der Waals surface area (Å²) in [5.74, 6) is 1.94. The van der Waals surface area contributed by atoms with E-state index in [1.165, 1.54) is 57.8 Å². The van der Waals surface area contributed by atoms with Crippen molar-refractivity contribution in [1.82, 2.24) is 14.5 Å². The average Bonchev–Trinajstić information content (AvgIpc) is 2.82. The van der Waals surface area contributed by atoms with Crippen LogP contribution in [-0.2, 0) is 6.42 Å². The van der Waals surface area contributed by atoms with E-state index in [-0.39, 0.29) is 11.6 Å². The van der Waals surface area contributed by atoms with Gasteiger partial charge in [0.25, 0.3) is 5.56 Å². The van der Waals surface area contributed by atoms with Crippen molar-refractivity contribution >= 4 is 11.0 Å². The van der Waals surface area contributed by atoms with Gasteiger partial charge >= 0.3 is 0 Å². The first-order chi connectivity index (χ1) is 16.2. The van der Waals surface area contributed by atoms with Gasteiger partial charge in [-0.2, -0.15) is 0 Å². The summed E-state index contributed by atoms with van der Waals surface area (Å²) in [6, 6.07) is 10.6. The Labute approximate surface area is 197 Å². The van der Waals surface area contributed by atoms with Crippen LogP contribution >= 0.6 is 0 Å². The number of nitrogens with two attached hydrogens (primary N) is 1. The molecule has 1 aromatic carbocycles. The zero-order chi connectivity index (χ0) is 22.4. The number of para-hydroxylation sites is 2. The van der Waals surface area contributed by atoms with Gasteiger partial charge in [-0.1, -0.05) is 37.8 Å². The van der Waals surface area contributed by atoms with Gasteiger partial charge in [0.2, 0.25) is 0 Å². The number of rotatable bonds is 5. The van der Waals surface area contributed by atoms with Crippen LogP contribution in [0.2, 0.25) is 0 Å². The van der Waals surface area contributed by atoms with Crippen LogP contribution in [-0.4, -0.2) is 39.1 Å². The van der Waals surface area contributed by atoms with E-state index in [0.29, 0.717) is 30.7 Å². The van der Waals surface area contributed by atoms with Gasteiger partial charge in [0.05, 0.1) is 11.0 Å². The monoisotopic (exact) mass is 448 g/mol. The molecule has 33 heavy (non-hydrogen) atoms. The molecule has 2 aliphatic heterocycles. The number of piperidine rings is 2. The molecule has 1 aromatic heterocycles. The Balaban J connectivity index is 1.32. The van der Waals surface area contributed by atoms with E-state index in [2.05, 4.69) is 27.7 Å². The van der Waals surface area contributed by atoms with Crippen molar-refractivity contribution in [2.75, 3.05) is 6.54 Å². The third kappa shape index (κ3) is 4.05. The van der Waals surface area contributed by atoms with Crippen molar-refractivity contribution in [1.29, 1.82) is 0 Å². The van der Waals surface area contributed by atoms with E-state index in [1.54, 1.807) is 0 Å². The van der Waals surface area contributed by atoms with Crippen molar-refractivity contribution < 1.29 is 0 Å². The number of nitrogens with zero attached hydrogens (tertiary/aromatic N) is 3. The number of hydrogen-bond acceptors (Lipinski definition) is 4. The van der Waals surface area contributed by atoms with Gasteiger partial charge in [-0.3, -0.25) is 9.69 Å². The van der Waals surface area contributed by atoms with Gasteiger partial charge in [0.15, 0.2) is 0 Å². The molecule has 5 heteroatoms. The molecule has 4 aliphatic rings. The largest absolute Gasteiger partial charge is 0.330 e. The number of benzene rings is 1. The van der Waals surface area contributed by atoms with Crippen LogP contribution in [0.3, 0.4) is 0 Å². The highest BCUT2D eigenvalue weighted by molar-refractivity contribution is 5.74. The summed E-state index contributed by atoms with van der Waals surface area (Å²) in [4.78, 5) is 21.4. The van der Waals surface area contributed by atoms with E-state index >= 15 is 0 Å². The lowest BCUT2D eigenvalue weighted by Crippen LogP contribution is -2.58. The Kier molecular flexibility index (Phi) is 6.04. The van der Waals surface area contributed by atoms with Gasteiger partial charge in [-0.15, -0.1) is 0 Å². The van der Waals surface area contributed by atoms with Gasteiger partial charge in [-0.05, 0) is 88.3 Å². The molecule has 0 radical (unpaired) electrons. The molecule has 3 heterocycles. The standard InChI is InChI=1S/C28H40N4O/c29-13-5-11-26-28(33)32(27-12-2-1-10-25(27)30-26)24-17-21-8-4-9-22(18-24)31(21)23-15-19-6-3-7-20(14-19)16-23/h1-2,10,12,19-24H,3-9,11,13-18,29H2/t19-,20+,21-,22+,23?,24?. The van der Waals surface area contributed by atoms with Crippen LogP contribution in [0.5, 0.6) is 0 Å². The fourth-order valence-corrected chi connectivity index (χ4v) is 8.13. The zero-order valence-corrected chi connectivity index (χ0v) is 20.0. The van der Waals surface area contributed by atoms with E-state index in [1.807, 2.05) is 6.07 Å². The van der Waals surface area contributed by atoms with E-state index in [0.717, 1.165) is 48.2 Å². The molecular weight excluding hydrogens is 408 g/mol. The highest BCUT2D eigenvalue weighted by atomic mass is 16.1. The third-order valence-electron chi connectivity index (χ3n) is 9.38. The van der Waals surface area contributed by atoms with Gasteiger partial charge in [-0.25, -0.2) is 4.98 Å². The van der Waals surface area contributed by atoms with Gasteiger partial charge < -0.3 is 10.3 Å². The molecule has 6 atom stereocenters. The molecule has 178 valence electrons. The molecule has 2 aliphatic carbocycles. The molecule has 0 amide bonds. The molecule has 2 saturated carbocycles. The topological polar surface area (TPSA) is 64.2 Å². The van der Waals surface area contributed by atoms with Crippen molar-refractivity contribution in [2.45, 2.75) is 108 Å². The van der Waals surface area contributed by atoms with Crippen molar-refractivity contribution in [2.24, 2.45) is 17.6 Å². The Morgan fingerprint density at radius 3 is 2.27 bits per heavy atom. The Bertz CT molecular complexity index is 1020. The quantitative estimate of drug-likeness (QED) is 0.713. The smallest absolute Gasteiger partial charge is 0.272 e. The van der Waals surface area contributed by atoms with Crippen LogP contribution in [0.4, 0.5) is 0 Å². The lowest BCUT2D eigenvalue weighted by molar-refractivity contribution is -0.0486. The van der Waals surface area contributed by atoms with Crippen molar-refractivity contribution in [3.8, 4) is 0 Å². The second-order valence-corrected chi connectivity index (χ2v) is 11.4. The molecule has 4 bridgehead atoms. The summed E-state index contributed by atoms with van der Waals surface area (Å²) in [6.07, 6.45) is 16.4. The predicted molar refractivity (Wildman–Crippen MR) is 133 cm³/mol. The van der Waals surface area contributed by atoms with Crippen LogP contribution in [0.1, 0.15) is 88.8 Å². The molecule has 5 nitrogen and oxygen atoms in total. The molecule has 2 N–H and O–H groups in total. The number of aromatic nitrogens is 2. The number of fused-ring (bicyclic) bond motifs is 5. The summed E-state index contributed by atoms with van der Waals surface area (Å²) in [7, 11) is 0. The van der Waals surface area contributed by atoms with Crippen LogP contribution in [0.25, 0.3) is 11.0 Å². The Hall–Kier alpha value is -1.72. The maximum Gasteiger partial charge on any atom is 0.272 e.